The lowest BCUT2D eigenvalue weighted by atomic mass is 10.0. The first kappa shape index (κ1) is 18.9. The molecule has 5 nitrogen and oxygen atoms in total. The Morgan fingerprint density at radius 2 is 1.96 bits per heavy atom. The van der Waals surface area contributed by atoms with Gasteiger partial charge in [0, 0.05) is 38.8 Å². The van der Waals surface area contributed by atoms with Crippen molar-refractivity contribution in [3.8, 4) is 0 Å². The Bertz CT molecular complexity index is 644. The molecule has 0 amide bonds. The Hall–Kier alpha value is -2.40. The molecular formula is C20H27N3O2. The highest BCUT2D eigenvalue weighted by Crippen LogP contribution is 2.11. The SMILES string of the molecule is CCN(C)c1ccc(CNC(CCC(=O)O)Cc2ccccc2)cn1. The number of hydrogen-bond donors (Lipinski definition) is 2. The fourth-order valence-electron chi connectivity index (χ4n) is 2.64. The smallest absolute Gasteiger partial charge is 0.303 e. The largest absolute Gasteiger partial charge is 0.481 e. The third-order valence-electron chi connectivity index (χ3n) is 4.30. The van der Waals surface area contributed by atoms with E-state index in [4.69, 9.17) is 5.11 Å². The van der Waals surface area contributed by atoms with E-state index >= 15 is 0 Å². The molecule has 1 aromatic heterocycles. The maximum absolute atomic E-state index is 10.9. The van der Waals surface area contributed by atoms with E-state index in [2.05, 4.69) is 40.3 Å². The van der Waals surface area contributed by atoms with Crippen LogP contribution in [0.5, 0.6) is 0 Å². The number of benzene rings is 1. The number of hydrogen-bond acceptors (Lipinski definition) is 4. The molecule has 2 N–H and O–H groups in total. The number of carbonyl (C=O) groups is 1. The Balaban J connectivity index is 1.94. The lowest BCUT2D eigenvalue weighted by molar-refractivity contribution is -0.137. The van der Waals surface area contributed by atoms with E-state index < -0.39 is 5.97 Å². The zero-order valence-corrected chi connectivity index (χ0v) is 15.0. The Labute approximate surface area is 149 Å². The predicted octanol–water partition coefficient (Wildman–Crippen LogP) is 3.10. The van der Waals surface area contributed by atoms with Crippen LogP contribution in [0.3, 0.4) is 0 Å². The molecule has 2 rings (SSSR count). The van der Waals surface area contributed by atoms with E-state index in [1.807, 2.05) is 37.5 Å². The van der Waals surface area contributed by atoms with Gasteiger partial charge >= 0.3 is 5.97 Å². The number of anilines is 1. The Kier molecular flexibility index (Phi) is 7.41. The Morgan fingerprint density at radius 3 is 2.56 bits per heavy atom. The van der Waals surface area contributed by atoms with E-state index in [1.165, 1.54) is 5.56 Å². The first-order chi connectivity index (χ1) is 12.1. The highest BCUT2D eigenvalue weighted by Gasteiger charge is 2.12. The van der Waals surface area contributed by atoms with Crippen molar-refractivity contribution in [2.24, 2.45) is 0 Å². The summed E-state index contributed by atoms with van der Waals surface area (Å²) in [5, 5.41) is 12.5. The lowest BCUT2D eigenvalue weighted by Crippen LogP contribution is -2.31. The highest BCUT2D eigenvalue weighted by atomic mass is 16.4. The van der Waals surface area contributed by atoms with Crippen LogP contribution in [-0.4, -0.2) is 35.7 Å². The van der Waals surface area contributed by atoms with Gasteiger partial charge in [-0.05, 0) is 37.0 Å². The topological polar surface area (TPSA) is 65.5 Å². The van der Waals surface area contributed by atoms with Crippen molar-refractivity contribution in [3.05, 3.63) is 59.8 Å². The zero-order valence-electron chi connectivity index (χ0n) is 15.0. The van der Waals surface area contributed by atoms with E-state index in [0.29, 0.717) is 13.0 Å². The summed E-state index contributed by atoms with van der Waals surface area (Å²) >= 11 is 0. The summed E-state index contributed by atoms with van der Waals surface area (Å²) in [6.07, 6.45) is 3.47. The Morgan fingerprint density at radius 1 is 1.20 bits per heavy atom. The van der Waals surface area contributed by atoms with Gasteiger partial charge in [-0.1, -0.05) is 36.4 Å². The minimum atomic E-state index is -0.756. The van der Waals surface area contributed by atoms with E-state index in [1.54, 1.807) is 0 Å². The maximum atomic E-state index is 10.9. The molecule has 2 aromatic rings. The second-order valence-corrected chi connectivity index (χ2v) is 6.24. The van der Waals surface area contributed by atoms with E-state index in [0.717, 1.165) is 24.3 Å². The predicted molar refractivity (Wildman–Crippen MR) is 101 cm³/mol. The van der Waals surface area contributed by atoms with Crippen molar-refractivity contribution in [1.82, 2.24) is 10.3 Å². The summed E-state index contributed by atoms with van der Waals surface area (Å²) in [6, 6.07) is 14.4. The molecule has 0 fully saturated rings. The van der Waals surface area contributed by atoms with Gasteiger partial charge in [-0.25, -0.2) is 4.98 Å². The first-order valence-electron chi connectivity index (χ1n) is 8.73. The number of nitrogens with zero attached hydrogens (tertiary/aromatic N) is 2. The molecule has 1 unspecified atom stereocenters. The van der Waals surface area contributed by atoms with Crippen molar-refractivity contribution in [1.29, 1.82) is 0 Å². The molecule has 0 bridgehead atoms. The van der Waals surface area contributed by atoms with Crippen LogP contribution in [-0.2, 0) is 17.8 Å². The van der Waals surface area contributed by atoms with Crippen LogP contribution >= 0.6 is 0 Å². The molecule has 0 aliphatic rings. The average molecular weight is 341 g/mol. The standard InChI is InChI=1S/C20H27N3O2/c1-3-23(2)19-11-9-17(15-22-19)14-21-18(10-12-20(24)25)13-16-7-5-4-6-8-16/h4-9,11,15,18,21H,3,10,12-14H2,1-2H3,(H,24,25). The number of rotatable bonds is 10. The van der Waals surface area contributed by atoms with Gasteiger partial charge in [-0.15, -0.1) is 0 Å². The number of aromatic nitrogens is 1. The van der Waals surface area contributed by atoms with Gasteiger partial charge in [-0.3, -0.25) is 4.79 Å². The molecule has 1 aromatic carbocycles. The van der Waals surface area contributed by atoms with E-state index in [-0.39, 0.29) is 12.5 Å². The van der Waals surface area contributed by atoms with Gasteiger partial charge in [-0.2, -0.15) is 0 Å². The van der Waals surface area contributed by atoms with Gasteiger partial charge in [0.25, 0.3) is 0 Å². The summed E-state index contributed by atoms with van der Waals surface area (Å²) in [4.78, 5) is 17.5. The molecule has 0 saturated heterocycles. The first-order valence-corrected chi connectivity index (χ1v) is 8.73. The number of aliphatic carboxylic acids is 1. The van der Waals surface area contributed by atoms with Crippen molar-refractivity contribution in [2.45, 2.75) is 38.8 Å². The van der Waals surface area contributed by atoms with Gasteiger partial charge in [0.05, 0.1) is 0 Å². The van der Waals surface area contributed by atoms with Crippen molar-refractivity contribution in [2.75, 3.05) is 18.5 Å². The fourth-order valence-corrected chi connectivity index (χ4v) is 2.64. The van der Waals surface area contributed by atoms with Crippen LogP contribution in [0.1, 0.15) is 30.9 Å². The van der Waals surface area contributed by atoms with Crippen molar-refractivity contribution < 1.29 is 9.90 Å². The third kappa shape index (κ3) is 6.55. The summed E-state index contributed by atoms with van der Waals surface area (Å²) in [5.74, 6) is 0.200. The molecule has 0 radical (unpaired) electrons. The molecule has 0 saturated carbocycles. The van der Waals surface area contributed by atoms with Gasteiger partial charge in [0.1, 0.15) is 5.82 Å². The van der Waals surface area contributed by atoms with Crippen LogP contribution in [0.2, 0.25) is 0 Å². The van der Waals surface area contributed by atoms with Gasteiger partial charge in [0.2, 0.25) is 0 Å². The van der Waals surface area contributed by atoms with Crippen LogP contribution in [0.15, 0.2) is 48.7 Å². The summed E-state index contributed by atoms with van der Waals surface area (Å²) in [7, 11) is 2.02. The average Bonchev–Trinajstić information content (AvgIpc) is 2.64. The van der Waals surface area contributed by atoms with Gasteiger partial charge < -0.3 is 15.3 Å². The lowest BCUT2D eigenvalue weighted by Gasteiger charge is -2.19. The minimum Gasteiger partial charge on any atom is -0.481 e. The number of nitrogens with one attached hydrogen (secondary N) is 1. The molecule has 0 aliphatic carbocycles. The second-order valence-electron chi connectivity index (χ2n) is 6.24. The quantitative estimate of drug-likeness (QED) is 0.695. The summed E-state index contributed by atoms with van der Waals surface area (Å²) < 4.78 is 0. The van der Waals surface area contributed by atoms with Crippen LogP contribution in [0, 0.1) is 0 Å². The minimum absolute atomic E-state index is 0.122. The molecule has 1 atom stereocenters. The van der Waals surface area contributed by atoms with E-state index in [9.17, 15) is 4.79 Å². The van der Waals surface area contributed by atoms with Crippen LogP contribution in [0.4, 0.5) is 5.82 Å². The number of carboxylic acids is 1. The molecule has 134 valence electrons. The molecule has 0 spiro atoms. The fraction of sp³-hybridized carbons (Fsp3) is 0.400. The third-order valence-corrected chi connectivity index (χ3v) is 4.30. The van der Waals surface area contributed by atoms with Crippen LogP contribution < -0.4 is 10.2 Å². The highest BCUT2D eigenvalue weighted by molar-refractivity contribution is 5.66. The molecule has 0 aliphatic heterocycles. The van der Waals surface area contributed by atoms with Gasteiger partial charge in [0.15, 0.2) is 0 Å². The molecule has 5 heteroatoms. The zero-order chi connectivity index (χ0) is 18.1. The molecule has 25 heavy (non-hydrogen) atoms. The van der Waals surface area contributed by atoms with Crippen molar-refractivity contribution in [3.63, 3.8) is 0 Å². The molecule has 1 heterocycles. The number of pyridine rings is 1. The maximum Gasteiger partial charge on any atom is 0.303 e. The second kappa shape index (κ2) is 9.79. The normalized spacial score (nSPS) is 11.9. The summed E-state index contributed by atoms with van der Waals surface area (Å²) in [6.45, 7) is 3.69. The van der Waals surface area contributed by atoms with Crippen molar-refractivity contribution >= 4 is 11.8 Å². The molecular weight excluding hydrogens is 314 g/mol. The number of carboxylic acid groups (broad SMARTS) is 1. The monoisotopic (exact) mass is 341 g/mol. The summed E-state index contributed by atoms with van der Waals surface area (Å²) in [5.41, 5.74) is 2.31. The van der Waals surface area contributed by atoms with Crippen LogP contribution in [0.25, 0.3) is 0 Å².